The molecule has 1 fully saturated rings. The molecule has 0 saturated carbocycles. The van der Waals surface area contributed by atoms with Gasteiger partial charge in [0.1, 0.15) is 0 Å². The van der Waals surface area contributed by atoms with Crippen LogP contribution in [0, 0.1) is 0 Å². The summed E-state index contributed by atoms with van der Waals surface area (Å²) in [6, 6.07) is 1.83. The Morgan fingerprint density at radius 3 is 2.94 bits per heavy atom. The highest BCUT2D eigenvalue weighted by molar-refractivity contribution is 5.99. The minimum Gasteiger partial charge on any atom is -0.381 e. The van der Waals surface area contributed by atoms with Gasteiger partial charge in [-0.25, -0.2) is 0 Å². The second-order valence-corrected chi connectivity index (χ2v) is 3.93. The molecule has 1 aromatic heterocycles. The molecule has 1 aromatic rings. The van der Waals surface area contributed by atoms with Crippen LogP contribution < -0.4 is 16.6 Å². The minimum atomic E-state index is -0.155. The molecule has 6 heteroatoms. The average molecular weight is 236 g/mol. The van der Waals surface area contributed by atoms with E-state index in [0.717, 1.165) is 12.8 Å². The summed E-state index contributed by atoms with van der Waals surface area (Å²) in [6.07, 6.45) is 4.78. The number of amides is 1. The lowest BCUT2D eigenvalue weighted by molar-refractivity contribution is 0.0696. The van der Waals surface area contributed by atoms with E-state index in [4.69, 9.17) is 10.6 Å². The second-order valence-electron chi connectivity index (χ2n) is 3.93. The molecule has 6 nitrogen and oxygen atoms in total. The molecule has 0 radical (unpaired) electrons. The zero-order valence-electron chi connectivity index (χ0n) is 9.48. The molecule has 17 heavy (non-hydrogen) atoms. The number of nitrogens with one attached hydrogen (secondary N) is 2. The van der Waals surface area contributed by atoms with Crippen LogP contribution in [0.1, 0.15) is 23.2 Å². The molecule has 0 atom stereocenters. The Hall–Kier alpha value is -1.66. The normalized spacial score (nSPS) is 16.5. The fraction of sp³-hybridized carbons (Fsp3) is 0.455. The molecular weight excluding hydrogens is 220 g/mol. The zero-order valence-corrected chi connectivity index (χ0v) is 9.48. The maximum absolute atomic E-state index is 12.0. The van der Waals surface area contributed by atoms with Crippen LogP contribution in [0.3, 0.4) is 0 Å². The number of anilines is 1. The summed E-state index contributed by atoms with van der Waals surface area (Å²) in [5.41, 5.74) is 3.52. The van der Waals surface area contributed by atoms with Crippen molar-refractivity contribution in [2.75, 3.05) is 18.6 Å². The first kappa shape index (κ1) is 11.8. The van der Waals surface area contributed by atoms with Crippen LogP contribution in [0.2, 0.25) is 0 Å². The monoisotopic (exact) mass is 236 g/mol. The Labute approximate surface area is 99.5 Å². The molecular formula is C11H16N4O2. The number of nitrogens with zero attached hydrogens (tertiary/aromatic N) is 1. The standard InChI is InChI=1S/C11H16N4O2/c12-15-10-1-4-13-7-9(10)11(16)14-8-2-5-17-6-3-8/h1,4,7-8H,2-3,5-6,12H2,(H,13,15)(H,14,16). The summed E-state index contributed by atoms with van der Waals surface area (Å²) in [5.74, 6) is 5.19. The fourth-order valence-corrected chi connectivity index (χ4v) is 1.81. The van der Waals surface area contributed by atoms with Gasteiger partial charge in [0.2, 0.25) is 0 Å². The van der Waals surface area contributed by atoms with Crippen molar-refractivity contribution in [2.45, 2.75) is 18.9 Å². The first-order valence-electron chi connectivity index (χ1n) is 5.60. The summed E-state index contributed by atoms with van der Waals surface area (Å²) >= 11 is 0. The highest BCUT2D eigenvalue weighted by Crippen LogP contribution is 2.13. The van der Waals surface area contributed by atoms with Crippen LogP contribution in [-0.2, 0) is 4.74 Å². The molecule has 0 aliphatic carbocycles. The van der Waals surface area contributed by atoms with Crippen molar-refractivity contribution < 1.29 is 9.53 Å². The lowest BCUT2D eigenvalue weighted by Crippen LogP contribution is -2.39. The molecule has 0 aromatic carbocycles. The lowest BCUT2D eigenvalue weighted by Gasteiger charge is -2.23. The third kappa shape index (κ3) is 2.92. The SMILES string of the molecule is NNc1ccncc1C(=O)NC1CCOCC1. The van der Waals surface area contributed by atoms with E-state index < -0.39 is 0 Å². The summed E-state index contributed by atoms with van der Waals surface area (Å²) < 4.78 is 5.24. The number of carbonyl (C=O) groups is 1. The molecule has 0 spiro atoms. The smallest absolute Gasteiger partial charge is 0.255 e. The van der Waals surface area contributed by atoms with Gasteiger partial charge in [-0.2, -0.15) is 0 Å². The quantitative estimate of drug-likeness (QED) is 0.518. The Kier molecular flexibility index (Phi) is 3.89. The van der Waals surface area contributed by atoms with E-state index in [2.05, 4.69) is 15.7 Å². The van der Waals surface area contributed by atoms with Gasteiger partial charge in [-0.1, -0.05) is 0 Å². The maximum atomic E-state index is 12.0. The number of nitrogen functional groups attached to an aromatic ring is 1. The number of carbonyl (C=O) groups excluding carboxylic acids is 1. The summed E-state index contributed by atoms with van der Waals surface area (Å²) in [4.78, 5) is 15.9. The van der Waals surface area contributed by atoms with E-state index in [9.17, 15) is 4.79 Å². The third-order valence-corrected chi connectivity index (χ3v) is 2.78. The summed E-state index contributed by atoms with van der Waals surface area (Å²) in [5, 5.41) is 2.96. The summed E-state index contributed by atoms with van der Waals surface area (Å²) in [6.45, 7) is 1.39. The first-order chi connectivity index (χ1) is 8.31. The second kappa shape index (κ2) is 5.60. The number of hydrogen-bond acceptors (Lipinski definition) is 5. The largest absolute Gasteiger partial charge is 0.381 e. The van der Waals surface area contributed by atoms with Crippen molar-refractivity contribution in [2.24, 2.45) is 5.84 Å². The Morgan fingerprint density at radius 2 is 2.24 bits per heavy atom. The number of ether oxygens (including phenoxy) is 1. The number of pyridine rings is 1. The topological polar surface area (TPSA) is 89.3 Å². The Morgan fingerprint density at radius 1 is 1.47 bits per heavy atom. The van der Waals surface area contributed by atoms with Crippen LogP contribution in [0.5, 0.6) is 0 Å². The van der Waals surface area contributed by atoms with Gasteiger partial charge < -0.3 is 15.5 Å². The average Bonchev–Trinajstić information content (AvgIpc) is 2.40. The molecule has 1 saturated heterocycles. The van der Waals surface area contributed by atoms with Crippen molar-refractivity contribution in [3.8, 4) is 0 Å². The van der Waals surface area contributed by atoms with Crippen LogP contribution in [0.15, 0.2) is 18.5 Å². The van der Waals surface area contributed by atoms with E-state index in [0.29, 0.717) is 24.5 Å². The zero-order chi connectivity index (χ0) is 12.1. The molecule has 2 heterocycles. The molecule has 4 N–H and O–H groups in total. The van der Waals surface area contributed by atoms with Gasteiger partial charge in [0, 0.05) is 31.6 Å². The van der Waals surface area contributed by atoms with Crippen LogP contribution in [-0.4, -0.2) is 30.1 Å². The van der Waals surface area contributed by atoms with Crippen molar-refractivity contribution in [1.82, 2.24) is 10.3 Å². The molecule has 92 valence electrons. The van der Waals surface area contributed by atoms with Crippen molar-refractivity contribution in [3.63, 3.8) is 0 Å². The van der Waals surface area contributed by atoms with Crippen molar-refractivity contribution in [1.29, 1.82) is 0 Å². The highest BCUT2D eigenvalue weighted by Gasteiger charge is 2.18. The van der Waals surface area contributed by atoms with Gasteiger partial charge in [0.05, 0.1) is 11.3 Å². The predicted octanol–water partition coefficient (Wildman–Crippen LogP) is 0.276. The fourth-order valence-electron chi connectivity index (χ4n) is 1.81. The molecule has 1 aliphatic rings. The lowest BCUT2D eigenvalue weighted by atomic mass is 10.1. The minimum absolute atomic E-state index is 0.155. The maximum Gasteiger partial charge on any atom is 0.255 e. The molecule has 0 unspecified atom stereocenters. The molecule has 2 rings (SSSR count). The van der Waals surface area contributed by atoms with E-state index in [1.54, 1.807) is 12.3 Å². The Bertz CT molecular complexity index is 391. The van der Waals surface area contributed by atoms with Crippen molar-refractivity contribution >= 4 is 11.6 Å². The number of hydrazine groups is 1. The third-order valence-electron chi connectivity index (χ3n) is 2.78. The number of hydrogen-bond donors (Lipinski definition) is 3. The van der Waals surface area contributed by atoms with Crippen LogP contribution >= 0.6 is 0 Å². The molecule has 1 aliphatic heterocycles. The Balaban J connectivity index is 2.03. The van der Waals surface area contributed by atoms with Gasteiger partial charge in [-0.3, -0.25) is 15.6 Å². The van der Waals surface area contributed by atoms with Crippen LogP contribution in [0.25, 0.3) is 0 Å². The van der Waals surface area contributed by atoms with Crippen LogP contribution in [0.4, 0.5) is 5.69 Å². The van der Waals surface area contributed by atoms with Gasteiger partial charge in [-0.15, -0.1) is 0 Å². The number of rotatable bonds is 3. The van der Waals surface area contributed by atoms with Gasteiger partial charge in [-0.05, 0) is 18.9 Å². The molecule has 0 bridgehead atoms. The first-order valence-corrected chi connectivity index (χ1v) is 5.60. The number of nitrogens with two attached hydrogens (primary N) is 1. The van der Waals surface area contributed by atoms with Gasteiger partial charge >= 0.3 is 0 Å². The van der Waals surface area contributed by atoms with Crippen molar-refractivity contribution in [3.05, 3.63) is 24.0 Å². The highest BCUT2D eigenvalue weighted by atomic mass is 16.5. The predicted molar refractivity (Wildman–Crippen MR) is 63.4 cm³/mol. The number of aromatic nitrogens is 1. The van der Waals surface area contributed by atoms with E-state index in [-0.39, 0.29) is 11.9 Å². The van der Waals surface area contributed by atoms with Gasteiger partial charge in [0.15, 0.2) is 0 Å². The van der Waals surface area contributed by atoms with E-state index in [1.165, 1.54) is 6.20 Å². The van der Waals surface area contributed by atoms with Gasteiger partial charge in [0.25, 0.3) is 5.91 Å². The summed E-state index contributed by atoms with van der Waals surface area (Å²) in [7, 11) is 0. The van der Waals surface area contributed by atoms with E-state index in [1.807, 2.05) is 0 Å². The molecule has 1 amide bonds. The van der Waals surface area contributed by atoms with E-state index >= 15 is 0 Å².